The summed E-state index contributed by atoms with van der Waals surface area (Å²) in [5.74, 6) is 1.10. The summed E-state index contributed by atoms with van der Waals surface area (Å²) in [7, 11) is 0. The Balaban J connectivity index is 1.54. The van der Waals surface area contributed by atoms with Crippen molar-refractivity contribution in [3.63, 3.8) is 0 Å². The number of aliphatic hydroxyl groups excluding tert-OH is 1. The summed E-state index contributed by atoms with van der Waals surface area (Å²) in [5.41, 5.74) is 9.38. The number of halogens is 1. The maximum Gasteiger partial charge on any atom is 0.250 e. The Kier molecular flexibility index (Phi) is 7.93. The molecule has 0 aliphatic carbocycles. The number of rotatable bonds is 7. The second-order valence-corrected chi connectivity index (χ2v) is 11.0. The second-order valence-electron chi connectivity index (χ2n) is 10.1. The zero-order valence-corrected chi connectivity index (χ0v) is 22.4. The van der Waals surface area contributed by atoms with E-state index in [1.54, 1.807) is 0 Å². The van der Waals surface area contributed by atoms with E-state index in [0.29, 0.717) is 25.2 Å². The Morgan fingerprint density at radius 2 is 2.00 bits per heavy atom. The van der Waals surface area contributed by atoms with Crippen LogP contribution in [0.2, 0.25) is 0 Å². The number of amides is 1. The van der Waals surface area contributed by atoms with Crippen LogP contribution in [0.15, 0.2) is 34.8 Å². The van der Waals surface area contributed by atoms with Crippen LogP contribution in [-0.2, 0) is 12.8 Å². The average molecular weight is 547 g/mol. The van der Waals surface area contributed by atoms with Gasteiger partial charge in [0.05, 0.1) is 11.3 Å². The van der Waals surface area contributed by atoms with Crippen molar-refractivity contribution in [1.82, 2.24) is 4.90 Å². The number of hydrogen-bond acceptors (Lipinski definition) is 6. The Morgan fingerprint density at radius 3 is 2.74 bits per heavy atom. The first kappa shape index (κ1) is 25.8. The van der Waals surface area contributed by atoms with Crippen molar-refractivity contribution in [3.8, 4) is 11.5 Å². The Morgan fingerprint density at radius 1 is 1.20 bits per heavy atom. The van der Waals surface area contributed by atoms with Crippen molar-refractivity contribution < 1.29 is 19.4 Å². The molecule has 0 aromatic heterocycles. The zero-order valence-electron chi connectivity index (χ0n) is 20.8. The highest BCUT2D eigenvalue weighted by Gasteiger charge is 2.33. The maximum absolute atomic E-state index is 12.4. The predicted octanol–water partition coefficient (Wildman–Crippen LogP) is 3.78. The van der Waals surface area contributed by atoms with Gasteiger partial charge in [-0.15, -0.1) is 0 Å². The fourth-order valence-electron chi connectivity index (χ4n) is 5.36. The average Bonchev–Trinajstić information content (AvgIpc) is 3.23. The fourth-order valence-corrected chi connectivity index (χ4v) is 5.70. The lowest BCUT2D eigenvalue weighted by Crippen LogP contribution is -2.54. The molecule has 0 bridgehead atoms. The third-order valence-corrected chi connectivity index (χ3v) is 7.48. The number of hydrogen-bond donors (Lipinski definition) is 2. The largest absolute Gasteiger partial charge is 0.488 e. The van der Waals surface area contributed by atoms with E-state index in [4.69, 9.17) is 15.2 Å². The van der Waals surface area contributed by atoms with Crippen molar-refractivity contribution in [2.24, 2.45) is 5.73 Å². The molecule has 2 aromatic carbocycles. The molecule has 1 amide bonds. The molecule has 190 valence electrons. The molecule has 2 aromatic rings. The molecule has 1 atom stereocenters. The van der Waals surface area contributed by atoms with Crippen LogP contribution in [0.4, 0.5) is 5.69 Å². The summed E-state index contributed by atoms with van der Waals surface area (Å²) in [5, 5.41) is 9.24. The molecule has 2 aliphatic heterocycles. The monoisotopic (exact) mass is 545 g/mol. The molecular weight excluding hydrogens is 510 g/mol. The fraction of sp³-hybridized carbons (Fsp3) is 0.519. The van der Waals surface area contributed by atoms with Gasteiger partial charge < -0.3 is 25.2 Å². The van der Waals surface area contributed by atoms with E-state index >= 15 is 0 Å². The zero-order chi connectivity index (χ0) is 25.2. The number of aliphatic hydroxyl groups is 1. The van der Waals surface area contributed by atoms with Gasteiger partial charge in [-0.1, -0.05) is 22.0 Å². The van der Waals surface area contributed by atoms with Gasteiger partial charge in [0.2, 0.25) is 0 Å². The number of carbonyl (C=O) groups excluding carboxylic acids is 1. The first-order valence-electron chi connectivity index (χ1n) is 12.3. The highest BCUT2D eigenvalue weighted by atomic mass is 79.9. The highest BCUT2D eigenvalue weighted by molar-refractivity contribution is 9.10. The minimum absolute atomic E-state index is 0.134. The van der Waals surface area contributed by atoms with Gasteiger partial charge in [-0.25, -0.2) is 0 Å². The van der Waals surface area contributed by atoms with Crippen molar-refractivity contribution in [2.45, 2.75) is 51.6 Å². The van der Waals surface area contributed by atoms with Gasteiger partial charge in [0.15, 0.2) is 11.5 Å². The van der Waals surface area contributed by atoms with Crippen LogP contribution in [0.25, 0.3) is 0 Å². The van der Waals surface area contributed by atoms with Gasteiger partial charge in [0, 0.05) is 42.3 Å². The molecule has 7 nitrogen and oxygen atoms in total. The maximum atomic E-state index is 12.4. The quantitative estimate of drug-likeness (QED) is 0.550. The molecule has 8 heteroatoms. The number of benzene rings is 2. The van der Waals surface area contributed by atoms with Crippen LogP contribution in [0, 0.1) is 0 Å². The number of primary amides is 1. The van der Waals surface area contributed by atoms with E-state index in [-0.39, 0.29) is 18.2 Å². The minimum atomic E-state index is -0.402. The molecule has 3 N–H and O–H groups in total. The molecule has 0 spiro atoms. The van der Waals surface area contributed by atoms with Gasteiger partial charge >= 0.3 is 0 Å². The topological polar surface area (TPSA) is 88.3 Å². The minimum Gasteiger partial charge on any atom is -0.488 e. The lowest BCUT2D eigenvalue weighted by atomic mass is 9.95. The molecular formula is C27H36BrN3O4. The lowest BCUT2D eigenvalue weighted by molar-refractivity contribution is 0.0331. The summed E-state index contributed by atoms with van der Waals surface area (Å²) in [6.07, 6.45) is 2.34. The molecule has 0 radical (unpaired) electrons. The molecule has 0 unspecified atom stereocenters. The van der Waals surface area contributed by atoms with Gasteiger partial charge in [0.1, 0.15) is 13.2 Å². The number of anilines is 1. The number of nitrogens with zero attached hydrogens (tertiary/aromatic N) is 2. The lowest BCUT2D eigenvalue weighted by Gasteiger charge is -2.41. The first-order valence-corrected chi connectivity index (χ1v) is 13.1. The molecule has 0 fully saturated rings. The van der Waals surface area contributed by atoms with Crippen molar-refractivity contribution in [2.75, 3.05) is 44.4 Å². The van der Waals surface area contributed by atoms with Crippen molar-refractivity contribution in [3.05, 3.63) is 51.5 Å². The third kappa shape index (κ3) is 5.76. The van der Waals surface area contributed by atoms with E-state index < -0.39 is 5.91 Å². The molecule has 4 rings (SSSR count). The van der Waals surface area contributed by atoms with Crippen LogP contribution >= 0.6 is 15.9 Å². The third-order valence-electron chi connectivity index (χ3n) is 6.98. The van der Waals surface area contributed by atoms with Crippen LogP contribution in [0.1, 0.15) is 48.7 Å². The van der Waals surface area contributed by atoms with E-state index in [9.17, 15) is 9.90 Å². The smallest absolute Gasteiger partial charge is 0.250 e. The second kappa shape index (κ2) is 10.8. The summed E-state index contributed by atoms with van der Waals surface area (Å²) in [6, 6.07) is 10.2. The van der Waals surface area contributed by atoms with E-state index in [2.05, 4.69) is 52.6 Å². The van der Waals surface area contributed by atoms with E-state index in [0.717, 1.165) is 65.3 Å². The van der Waals surface area contributed by atoms with E-state index in [1.807, 2.05) is 24.3 Å². The number of nitrogens with two attached hydrogens (primary N) is 1. The molecule has 0 saturated carbocycles. The van der Waals surface area contributed by atoms with Crippen LogP contribution in [-0.4, -0.2) is 66.9 Å². The van der Waals surface area contributed by atoms with E-state index in [1.165, 1.54) is 0 Å². The highest BCUT2D eigenvalue weighted by Crippen LogP contribution is 2.35. The van der Waals surface area contributed by atoms with Crippen LogP contribution in [0.3, 0.4) is 0 Å². The molecule has 2 aliphatic rings. The summed E-state index contributed by atoms with van der Waals surface area (Å²) in [6.45, 7) is 10.2. The van der Waals surface area contributed by atoms with Crippen LogP contribution in [0.5, 0.6) is 11.5 Å². The van der Waals surface area contributed by atoms with Gasteiger partial charge in [-0.3, -0.25) is 9.69 Å². The Bertz CT molecular complexity index is 1070. The van der Waals surface area contributed by atoms with Crippen LogP contribution < -0.4 is 20.1 Å². The predicted molar refractivity (Wildman–Crippen MR) is 142 cm³/mol. The number of carbonyl (C=O) groups is 1. The standard InChI is InChI=1S/C27H36BrN3O4/c1-18(31-10-12-34-23-6-5-21(28)16-24(23)35-17-27(31,2)3)13-19-14-20-7-9-30(8-4-11-32)25(20)22(15-19)26(29)33/h5-6,14-16,18,32H,4,7-13,17H2,1-3H3,(H2,29,33)/t18-/m1/s1. The van der Waals surface area contributed by atoms with Crippen molar-refractivity contribution >= 4 is 27.5 Å². The van der Waals surface area contributed by atoms with Gasteiger partial charge in [-0.2, -0.15) is 0 Å². The summed E-state index contributed by atoms with van der Waals surface area (Å²) >= 11 is 3.52. The summed E-state index contributed by atoms with van der Waals surface area (Å²) < 4.78 is 13.2. The molecule has 0 saturated heterocycles. The number of ether oxygens (including phenoxy) is 2. The normalized spacial score (nSPS) is 18.4. The first-order chi connectivity index (χ1) is 16.7. The summed E-state index contributed by atoms with van der Waals surface area (Å²) in [4.78, 5) is 17.0. The Hall–Kier alpha value is -2.29. The molecule has 2 heterocycles. The number of fused-ring (bicyclic) bond motifs is 2. The Labute approximate surface area is 216 Å². The van der Waals surface area contributed by atoms with Gasteiger partial charge in [-0.05, 0) is 75.4 Å². The SMILES string of the molecule is C[C@H](Cc1cc2c(c(C(N)=O)c1)N(CCCO)CC2)N1CCOc2ccc(Br)cc2OCC1(C)C. The molecule has 35 heavy (non-hydrogen) atoms. The van der Waals surface area contributed by atoms with Crippen molar-refractivity contribution in [1.29, 1.82) is 0 Å². The van der Waals surface area contributed by atoms with Gasteiger partial charge in [0.25, 0.3) is 5.91 Å².